The predicted octanol–water partition coefficient (Wildman–Crippen LogP) is 2.14. The van der Waals surface area contributed by atoms with Gasteiger partial charge in [-0.2, -0.15) is 0 Å². The predicted molar refractivity (Wildman–Crippen MR) is 67.8 cm³/mol. The Morgan fingerprint density at radius 3 is 2.72 bits per heavy atom. The molecule has 0 aliphatic carbocycles. The van der Waals surface area contributed by atoms with Gasteiger partial charge in [0, 0.05) is 18.7 Å². The van der Waals surface area contributed by atoms with Crippen molar-refractivity contribution in [3.05, 3.63) is 23.2 Å². The maximum absolute atomic E-state index is 10.9. The lowest BCUT2D eigenvalue weighted by Gasteiger charge is -2.18. The molecule has 1 N–H and O–H groups in total. The lowest BCUT2D eigenvalue weighted by atomic mass is 10.2. The highest BCUT2D eigenvalue weighted by Crippen LogP contribution is 2.16. The first-order valence-electron chi connectivity index (χ1n) is 6.21. The van der Waals surface area contributed by atoms with Crippen molar-refractivity contribution < 1.29 is 19.1 Å². The number of likely N-dealkylation sites (N-methyl/N-ethyl adjacent to an activating group) is 1. The van der Waals surface area contributed by atoms with Gasteiger partial charge in [0.2, 0.25) is 5.76 Å². The standard InChI is InChI=1S/C13H21NO4/c1-4-14(6-7-17-5-2)9-11-8-10(3)12(18-11)13(15)16/h8H,4-7,9H2,1-3H3,(H,15,16). The van der Waals surface area contributed by atoms with Crippen molar-refractivity contribution in [2.45, 2.75) is 27.3 Å². The molecule has 0 aliphatic rings. The van der Waals surface area contributed by atoms with Crippen molar-refractivity contribution in [2.75, 3.05) is 26.3 Å². The Morgan fingerprint density at radius 1 is 1.50 bits per heavy atom. The lowest BCUT2D eigenvalue weighted by Crippen LogP contribution is -2.26. The largest absolute Gasteiger partial charge is 0.475 e. The van der Waals surface area contributed by atoms with E-state index in [2.05, 4.69) is 11.8 Å². The zero-order valence-electron chi connectivity index (χ0n) is 11.2. The van der Waals surface area contributed by atoms with Crippen molar-refractivity contribution >= 4 is 5.97 Å². The molecule has 0 saturated carbocycles. The van der Waals surface area contributed by atoms with Crippen LogP contribution in [-0.2, 0) is 11.3 Å². The normalized spacial score (nSPS) is 11.1. The van der Waals surface area contributed by atoms with E-state index in [-0.39, 0.29) is 5.76 Å². The number of nitrogens with zero attached hydrogens (tertiary/aromatic N) is 1. The quantitative estimate of drug-likeness (QED) is 0.721. The van der Waals surface area contributed by atoms with Crippen LogP contribution in [0.1, 0.15) is 35.7 Å². The van der Waals surface area contributed by atoms with E-state index < -0.39 is 5.97 Å². The topological polar surface area (TPSA) is 62.9 Å². The molecule has 5 heteroatoms. The molecule has 5 nitrogen and oxygen atoms in total. The van der Waals surface area contributed by atoms with Crippen LogP contribution in [0.2, 0.25) is 0 Å². The summed E-state index contributed by atoms with van der Waals surface area (Å²) in [6.45, 7) is 9.44. The third kappa shape index (κ3) is 4.16. The van der Waals surface area contributed by atoms with Gasteiger partial charge in [-0.3, -0.25) is 4.90 Å². The molecule has 0 radical (unpaired) electrons. The molecule has 0 unspecified atom stereocenters. The SMILES string of the molecule is CCOCCN(CC)Cc1cc(C)c(C(=O)O)o1. The monoisotopic (exact) mass is 255 g/mol. The van der Waals surface area contributed by atoms with E-state index in [0.717, 1.165) is 13.1 Å². The number of carboxylic acid groups (broad SMARTS) is 1. The van der Waals surface area contributed by atoms with E-state index >= 15 is 0 Å². The third-order valence-corrected chi connectivity index (χ3v) is 2.75. The summed E-state index contributed by atoms with van der Waals surface area (Å²) in [6.07, 6.45) is 0. The number of ether oxygens (including phenoxy) is 1. The van der Waals surface area contributed by atoms with Gasteiger partial charge >= 0.3 is 5.97 Å². The Balaban J connectivity index is 2.58. The summed E-state index contributed by atoms with van der Waals surface area (Å²) in [5.41, 5.74) is 0.665. The van der Waals surface area contributed by atoms with Crippen LogP contribution in [0.15, 0.2) is 10.5 Å². The molecule has 0 saturated heterocycles. The lowest BCUT2D eigenvalue weighted by molar-refractivity contribution is 0.0655. The molecule has 0 aromatic carbocycles. The second-order valence-electron chi connectivity index (χ2n) is 4.10. The zero-order chi connectivity index (χ0) is 13.5. The van der Waals surface area contributed by atoms with Crippen LogP contribution in [-0.4, -0.2) is 42.3 Å². The summed E-state index contributed by atoms with van der Waals surface area (Å²) in [5.74, 6) is -0.301. The molecule has 1 aromatic heterocycles. The molecule has 0 fully saturated rings. The number of carboxylic acids is 1. The maximum Gasteiger partial charge on any atom is 0.372 e. The van der Waals surface area contributed by atoms with Gasteiger partial charge in [-0.25, -0.2) is 4.79 Å². The van der Waals surface area contributed by atoms with Crippen molar-refractivity contribution in [3.63, 3.8) is 0 Å². The number of aryl methyl sites for hydroxylation is 1. The summed E-state index contributed by atoms with van der Waals surface area (Å²) in [5, 5.41) is 8.92. The highest BCUT2D eigenvalue weighted by atomic mass is 16.5. The fourth-order valence-corrected chi connectivity index (χ4v) is 1.75. The second-order valence-corrected chi connectivity index (χ2v) is 4.10. The highest BCUT2D eigenvalue weighted by Gasteiger charge is 2.15. The molecular formula is C13H21NO4. The number of furan rings is 1. The number of aromatic carboxylic acids is 1. The Kier molecular flexibility index (Phi) is 5.88. The Labute approximate surface area is 107 Å². The van der Waals surface area contributed by atoms with Crippen LogP contribution in [0.4, 0.5) is 0 Å². The van der Waals surface area contributed by atoms with Crippen molar-refractivity contribution in [2.24, 2.45) is 0 Å². The van der Waals surface area contributed by atoms with Crippen LogP contribution < -0.4 is 0 Å². The van der Waals surface area contributed by atoms with E-state index in [4.69, 9.17) is 14.3 Å². The van der Waals surface area contributed by atoms with Crippen LogP contribution in [0.25, 0.3) is 0 Å². The Hall–Kier alpha value is -1.33. The van der Waals surface area contributed by atoms with Crippen LogP contribution in [0.5, 0.6) is 0 Å². The number of rotatable bonds is 8. The Bertz CT molecular complexity index is 386. The fourth-order valence-electron chi connectivity index (χ4n) is 1.75. The van der Waals surface area contributed by atoms with E-state index in [0.29, 0.717) is 31.1 Å². The van der Waals surface area contributed by atoms with E-state index in [1.165, 1.54) is 0 Å². The first-order valence-corrected chi connectivity index (χ1v) is 6.21. The smallest absolute Gasteiger partial charge is 0.372 e. The van der Waals surface area contributed by atoms with Gasteiger partial charge < -0.3 is 14.3 Å². The van der Waals surface area contributed by atoms with Crippen LogP contribution in [0, 0.1) is 6.92 Å². The summed E-state index contributed by atoms with van der Waals surface area (Å²) in [6, 6.07) is 1.78. The molecule has 0 aliphatic heterocycles. The molecule has 0 amide bonds. The van der Waals surface area contributed by atoms with Gasteiger partial charge in [0.05, 0.1) is 13.2 Å². The molecule has 1 heterocycles. The van der Waals surface area contributed by atoms with Gasteiger partial charge in [-0.15, -0.1) is 0 Å². The average Bonchev–Trinajstić information content (AvgIpc) is 2.69. The van der Waals surface area contributed by atoms with E-state index in [9.17, 15) is 4.79 Å². The minimum atomic E-state index is -1.02. The first-order chi connectivity index (χ1) is 8.58. The minimum absolute atomic E-state index is 0.0332. The van der Waals surface area contributed by atoms with Crippen LogP contribution in [0.3, 0.4) is 0 Å². The van der Waals surface area contributed by atoms with Gasteiger partial charge in [-0.05, 0) is 26.5 Å². The number of hydrogen-bond acceptors (Lipinski definition) is 4. The maximum atomic E-state index is 10.9. The molecule has 1 rings (SSSR count). The summed E-state index contributed by atoms with van der Waals surface area (Å²) < 4.78 is 10.6. The summed E-state index contributed by atoms with van der Waals surface area (Å²) >= 11 is 0. The molecular weight excluding hydrogens is 234 g/mol. The second kappa shape index (κ2) is 7.18. The summed E-state index contributed by atoms with van der Waals surface area (Å²) in [4.78, 5) is 13.0. The van der Waals surface area contributed by atoms with Gasteiger partial charge in [0.15, 0.2) is 0 Å². The average molecular weight is 255 g/mol. The fraction of sp³-hybridized carbons (Fsp3) is 0.615. The number of carbonyl (C=O) groups is 1. The molecule has 18 heavy (non-hydrogen) atoms. The third-order valence-electron chi connectivity index (χ3n) is 2.75. The van der Waals surface area contributed by atoms with Crippen molar-refractivity contribution in [1.29, 1.82) is 0 Å². The van der Waals surface area contributed by atoms with E-state index in [1.54, 1.807) is 13.0 Å². The minimum Gasteiger partial charge on any atom is -0.475 e. The van der Waals surface area contributed by atoms with E-state index in [1.807, 2.05) is 6.92 Å². The van der Waals surface area contributed by atoms with Gasteiger partial charge in [0.1, 0.15) is 5.76 Å². The molecule has 0 atom stereocenters. The molecule has 0 spiro atoms. The van der Waals surface area contributed by atoms with Gasteiger partial charge in [0.25, 0.3) is 0 Å². The first kappa shape index (κ1) is 14.7. The number of hydrogen-bond donors (Lipinski definition) is 1. The highest BCUT2D eigenvalue weighted by molar-refractivity contribution is 5.86. The van der Waals surface area contributed by atoms with Crippen LogP contribution >= 0.6 is 0 Å². The van der Waals surface area contributed by atoms with Gasteiger partial charge in [-0.1, -0.05) is 6.92 Å². The molecule has 1 aromatic rings. The molecule has 102 valence electrons. The van der Waals surface area contributed by atoms with Crippen molar-refractivity contribution in [3.8, 4) is 0 Å². The summed E-state index contributed by atoms with van der Waals surface area (Å²) in [7, 11) is 0. The van der Waals surface area contributed by atoms with Crippen molar-refractivity contribution in [1.82, 2.24) is 4.90 Å². The Morgan fingerprint density at radius 2 is 2.22 bits per heavy atom. The zero-order valence-corrected chi connectivity index (χ0v) is 11.2. The molecule has 0 bridgehead atoms.